The molecule has 24 heavy (non-hydrogen) atoms. The van der Waals surface area contributed by atoms with Crippen molar-refractivity contribution in [1.29, 1.82) is 0 Å². The largest absolute Gasteiger partial charge is 0.336 e. The van der Waals surface area contributed by atoms with Crippen LogP contribution in [0, 0.1) is 5.92 Å². The Balaban J connectivity index is 1.51. The van der Waals surface area contributed by atoms with Crippen molar-refractivity contribution in [3.63, 3.8) is 0 Å². The fourth-order valence-electron chi connectivity index (χ4n) is 3.90. The maximum absolute atomic E-state index is 12.8. The molecule has 0 aliphatic carbocycles. The average molecular weight is 324 g/mol. The number of para-hydroxylation sites is 1. The first-order valence-electron chi connectivity index (χ1n) is 8.68. The molecule has 0 saturated carbocycles. The Morgan fingerprint density at radius 1 is 1.29 bits per heavy atom. The van der Waals surface area contributed by atoms with Crippen LogP contribution in [0.1, 0.15) is 31.7 Å². The van der Waals surface area contributed by atoms with Gasteiger partial charge in [-0.1, -0.05) is 18.2 Å². The molecule has 2 aliphatic rings. The van der Waals surface area contributed by atoms with Crippen molar-refractivity contribution < 1.29 is 4.79 Å². The van der Waals surface area contributed by atoms with Crippen molar-refractivity contribution in [2.45, 2.75) is 38.8 Å². The highest BCUT2D eigenvalue weighted by Gasteiger charge is 2.37. The van der Waals surface area contributed by atoms with E-state index in [1.165, 1.54) is 5.69 Å². The van der Waals surface area contributed by atoms with E-state index in [1.807, 2.05) is 29.4 Å². The number of imidazole rings is 1. The lowest BCUT2D eigenvalue weighted by atomic mass is 9.95. The first kappa shape index (κ1) is 15.4. The van der Waals surface area contributed by atoms with Crippen LogP contribution in [0.2, 0.25) is 0 Å². The van der Waals surface area contributed by atoms with Crippen LogP contribution in [0.15, 0.2) is 36.7 Å². The van der Waals surface area contributed by atoms with E-state index in [2.05, 4.69) is 40.8 Å². The van der Waals surface area contributed by atoms with E-state index in [0.717, 1.165) is 37.3 Å². The molecule has 0 radical (unpaired) electrons. The second-order valence-electron chi connectivity index (χ2n) is 7.52. The molecule has 5 heteroatoms. The van der Waals surface area contributed by atoms with Crippen LogP contribution in [-0.2, 0) is 17.8 Å². The fourth-order valence-corrected chi connectivity index (χ4v) is 3.90. The quantitative estimate of drug-likeness (QED) is 0.921. The highest BCUT2D eigenvalue weighted by Crippen LogP contribution is 2.27. The van der Waals surface area contributed by atoms with E-state index in [4.69, 9.17) is 0 Å². The van der Waals surface area contributed by atoms with E-state index in [-0.39, 0.29) is 17.4 Å². The molecule has 1 N–H and O–H groups in total. The van der Waals surface area contributed by atoms with Crippen LogP contribution in [0.5, 0.6) is 0 Å². The monoisotopic (exact) mass is 324 g/mol. The van der Waals surface area contributed by atoms with Crippen molar-refractivity contribution in [2.75, 3.05) is 13.1 Å². The summed E-state index contributed by atoms with van der Waals surface area (Å²) in [7, 11) is 0. The zero-order valence-corrected chi connectivity index (χ0v) is 14.3. The number of carbonyl (C=O) groups is 1. The number of nitrogens with zero attached hydrogens (tertiary/aromatic N) is 3. The number of carbonyl (C=O) groups excluding carboxylic acids is 1. The molecule has 1 amide bonds. The Labute approximate surface area is 142 Å². The molecule has 0 spiro atoms. The summed E-state index contributed by atoms with van der Waals surface area (Å²) in [6, 6.07) is 10.3. The van der Waals surface area contributed by atoms with Crippen molar-refractivity contribution in [1.82, 2.24) is 19.8 Å². The van der Waals surface area contributed by atoms with Crippen molar-refractivity contribution >= 4 is 5.91 Å². The van der Waals surface area contributed by atoms with E-state index in [0.29, 0.717) is 6.54 Å². The van der Waals surface area contributed by atoms with Gasteiger partial charge in [0, 0.05) is 36.4 Å². The predicted molar refractivity (Wildman–Crippen MR) is 92.9 cm³/mol. The Hall–Kier alpha value is -2.14. The highest BCUT2D eigenvalue weighted by atomic mass is 16.2. The first-order chi connectivity index (χ1) is 11.5. The zero-order valence-electron chi connectivity index (χ0n) is 14.3. The minimum atomic E-state index is 0.0656. The summed E-state index contributed by atoms with van der Waals surface area (Å²) in [6.07, 6.45) is 3.65. The fraction of sp³-hybridized carbons (Fsp3) is 0.474. The molecule has 1 saturated heterocycles. The van der Waals surface area contributed by atoms with Gasteiger partial charge in [0.2, 0.25) is 5.91 Å². The molecule has 1 atom stereocenters. The first-order valence-corrected chi connectivity index (χ1v) is 8.68. The Morgan fingerprint density at radius 2 is 2.08 bits per heavy atom. The van der Waals surface area contributed by atoms with Gasteiger partial charge >= 0.3 is 0 Å². The number of aromatic nitrogens is 2. The van der Waals surface area contributed by atoms with Gasteiger partial charge in [0.15, 0.2) is 0 Å². The zero-order chi connectivity index (χ0) is 16.7. The molecule has 126 valence electrons. The molecular weight excluding hydrogens is 300 g/mol. The van der Waals surface area contributed by atoms with Gasteiger partial charge in [-0.25, -0.2) is 4.98 Å². The lowest BCUT2D eigenvalue weighted by Gasteiger charge is -2.29. The number of benzene rings is 1. The molecule has 2 aromatic rings. The van der Waals surface area contributed by atoms with Crippen LogP contribution in [-0.4, -0.2) is 39.0 Å². The lowest BCUT2D eigenvalue weighted by Crippen LogP contribution is -2.40. The number of nitrogens with one attached hydrogen (secondary N) is 1. The Kier molecular flexibility index (Phi) is 3.68. The molecule has 5 nitrogen and oxygen atoms in total. The maximum atomic E-state index is 12.8. The van der Waals surface area contributed by atoms with Crippen molar-refractivity contribution in [3.8, 4) is 5.69 Å². The second kappa shape index (κ2) is 5.74. The minimum absolute atomic E-state index is 0.0656. The second-order valence-corrected chi connectivity index (χ2v) is 7.52. The lowest BCUT2D eigenvalue weighted by molar-refractivity contribution is -0.136. The number of rotatable bonds is 2. The average Bonchev–Trinajstić information content (AvgIpc) is 3.17. The third kappa shape index (κ3) is 2.73. The molecule has 0 bridgehead atoms. The number of hydrogen-bond donors (Lipinski definition) is 1. The summed E-state index contributed by atoms with van der Waals surface area (Å²) in [5.41, 5.74) is 3.46. The van der Waals surface area contributed by atoms with Gasteiger partial charge < -0.3 is 14.8 Å². The van der Waals surface area contributed by atoms with Crippen LogP contribution < -0.4 is 5.32 Å². The van der Waals surface area contributed by atoms with Gasteiger partial charge in [0.05, 0.1) is 24.5 Å². The normalized spacial score (nSPS) is 22.4. The van der Waals surface area contributed by atoms with Crippen LogP contribution in [0.4, 0.5) is 0 Å². The van der Waals surface area contributed by atoms with Gasteiger partial charge in [-0.15, -0.1) is 0 Å². The summed E-state index contributed by atoms with van der Waals surface area (Å²) >= 11 is 0. The predicted octanol–water partition coefficient (Wildman–Crippen LogP) is 2.15. The molecule has 1 fully saturated rings. The van der Waals surface area contributed by atoms with E-state index in [1.54, 1.807) is 0 Å². The van der Waals surface area contributed by atoms with Gasteiger partial charge in [-0.05, 0) is 32.4 Å². The number of fused-ring (bicyclic) bond motifs is 1. The summed E-state index contributed by atoms with van der Waals surface area (Å²) < 4.78 is 2.15. The van der Waals surface area contributed by atoms with Gasteiger partial charge in [0.1, 0.15) is 0 Å². The molecule has 3 heterocycles. The van der Waals surface area contributed by atoms with Crippen molar-refractivity contribution in [3.05, 3.63) is 48.0 Å². The molecule has 1 unspecified atom stereocenters. The van der Waals surface area contributed by atoms with Gasteiger partial charge in [-0.2, -0.15) is 0 Å². The van der Waals surface area contributed by atoms with E-state index >= 15 is 0 Å². The van der Waals surface area contributed by atoms with Crippen LogP contribution >= 0.6 is 0 Å². The third-order valence-electron chi connectivity index (χ3n) is 5.19. The smallest absolute Gasteiger partial charge is 0.227 e. The van der Waals surface area contributed by atoms with E-state index in [9.17, 15) is 4.79 Å². The molecule has 1 aromatic heterocycles. The molecule has 4 rings (SSSR count). The van der Waals surface area contributed by atoms with Crippen LogP contribution in [0.3, 0.4) is 0 Å². The summed E-state index contributed by atoms with van der Waals surface area (Å²) in [4.78, 5) is 19.4. The molecular formula is C19H24N4O. The summed E-state index contributed by atoms with van der Waals surface area (Å²) in [5.74, 6) is 0.366. The SMILES string of the molecule is CC1(C)CC(C(=O)N2CCc3c(ncn3-c3ccccc3)C2)CN1. The highest BCUT2D eigenvalue weighted by molar-refractivity contribution is 5.80. The number of amides is 1. The molecule has 2 aliphatic heterocycles. The minimum Gasteiger partial charge on any atom is -0.336 e. The standard InChI is InChI=1S/C19H24N4O/c1-19(2)10-14(11-21-19)18(24)22-9-8-17-16(12-22)20-13-23(17)15-6-4-3-5-7-15/h3-7,13-14,21H,8-12H2,1-2H3. The van der Waals surface area contributed by atoms with Crippen molar-refractivity contribution in [2.24, 2.45) is 5.92 Å². The third-order valence-corrected chi connectivity index (χ3v) is 5.19. The van der Waals surface area contributed by atoms with Gasteiger partial charge in [-0.3, -0.25) is 4.79 Å². The van der Waals surface area contributed by atoms with Crippen LogP contribution in [0.25, 0.3) is 5.69 Å². The number of hydrogen-bond acceptors (Lipinski definition) is 3. The molecule has 1 aromatic carbocycles. The maximum Gasteiger partial charge on any atom is 0.227 e. The summed E-state index contributed by atoms with van der Waals surface area (Å²) in [5, 5.41) is 3.44. The summed E-state index contributed by atoms with van der Waals surface area (Å²) in [6.45, 7) is 6.52. The Morgan fingerprint density at radius 3 is 2.79 bits per heavy atom. The van der Waals surface area contributed by atoms with Gasteiger partial charge in [0.25, 0.3) is 0 Å². The topological polar surface area (TPSA) is 50.2 Å². The van der Waals surface area contributed by atoms with E-state index < -0.39 is 0 Å². The Bertz CT molecular complexity index is 750.